The molecular formula is C12H16O. The van der Waals surface area contributed by atoms with E-state index in [4.69, 9.17) is 4.74 Å². The molecule has 1 heteroatoms. The second kappa shape index (κ2) is 3.06. The van der Waals surface area contributed by atoms with E-state index in [2.05, 4.69) is 26.8 Å². The van der Waals surface area contributed by atoms with Crippen LogP contribution in [-0.2, 0) is 6.42 Å². The van der Waals surface area contributed by atoms with E-state index in [-0.39, 0.29) is 0 Å². The second-order valence-corrected chi connectivity index (χ2v) is 3.90. The van der Waals surface area contributed by atoms with Gasteiger partial charge in [-0.2, -0.15) is 0 Å². The van der Waals surface area contributed by atoms with E-state index < -0.39 is 0 Å². The Balaban J connectivity index is 2.63. The summed E-state index contributed by atoms with van der Waals surface area (Å²) in [6, 6.07) is 2.22. The van der Waals surface area contributed by atoms with Gasteiger partial charge in [0.15, 0.2) is 0 Å². The first-order valence-corrected chi connectivity index (χ1v) is 4.92. The van der Waals surface area contributed by atoms with Crippen LogP contribution in [0.15, 0.2) is 6.07 Å². The monoisotopic (exact) mass is 176 g/mol. The molecule has 0 bridgehead atoms. The lowest BCUT2D eigenvalue weighted by molar-refractivity contribution is 0.285. The fraction of sp³-hybridized carbons (Fsp3) is 0.500. The van der Waals surface area contributed by atoms with Crippen LogP contribution in [0.4, 0.5) is 0 Å². The average Bonchev–Trinajstić information content (AvgIpc) is 2.15. The molecular weight excluding hydrogens is 160 g/mol. The molecule has 0 atom stereocenters. The van der Waals surface area contributed by atoms with Gasteiger partial charge in [-0.05, 0) is 55.9 Å². The summed E-state index contributed by atoms with van der Waals surface area (Å²) in [5, 5.41) is 0. The van der Waals surface area contributed by atoms with E-state index in [9.17, 15) is 0 Å². The molecule has 1 aliphatic heterocycles. The predicted octanol–water partition coefficient (Wildman–Crippen LogP) is 2.94. The molecule has 0 saturated carbocycles. The Labute approximate surface area is 79.7 Å². The Morgan fingerprint density at radius 3 is 2.69 bits per heavy atom. The maximum atomic E-state index is 5.69. The third kappa shape index (κ3) is 1.32. The van der Waals surface area contributed by atoms with Gasteiger partial charge in [0, 0.05) is 0 Å². The largest absolute Gasteiger partial charge is 0.493 e. The van der Waals surface area contributed by atoms with Crippen LogP contribution < -0.4 is 4.74 Å². The molecule has 1 nitrogen and oxygen atoms in total. The summed E-state index contributed by atoms with van der Waals surface area (Å²) in [7, 11) is 0. The van der Waals surface area contributed by atoms with Crippen molar-refractivity contribution in [2.45, 2.75) is 33.6 Å². The fourth-order valence-electron chi connectivity index (χ4n) is 2.07. The third-order valence-electron chi connectivity index (χ3n) is 2.93. The van der Waals surface area contributed by atoms with E-state index in [1.165, 1.54) is 28.7 Å². The van der Waals surface area contributed by atoms with Crippen LogP contribution in [0.25, 0.3) is 0 Å². The van der Waals surface area contributed by atoms with Crippen LogP contribution in [0, 0.1) is 20.8 Å². The summed E-state index contributed by atoms with van der Waals surface area (Å²) < 4.78 is 5.69. The van der Waals surface area contributed by atoms with Crippen molar-refractivity contribution < 1.29 is 4.74 Å². The van der Waals surface area contributed by atoms with Crippen LogP contribution >= 0.6 is 0 Å². The van der Waals surface area contributed by atoms with Crippen LogP contribution in [0.3, 0.4) is 0 Å². The molecule has 1 aromatic carbocycles. The number of ether oxygens (including phenoxy) is 1. The fourth-order valence-corrected chi connectivity index (χ4v) is 2.07. The van der Waals surface area contributed by atoms with Gasteiger partial charge in [-0.15, -0.1) is 0 Å². The minimum absolute atomic E-state index is 0.885. The first kappa shape index (κ1) is 8.61. The molecule has 13 heavy (non-hydrogen) atoms. The van der Waals surface area contributed by atoms with Gasteiger partial charge in [-0.1, -0.05) is 6.07 Å². The Kier molecular flexibility index (Phi) is 2.03. The topological polar surface area (TPSA) is 9.23 Å². The molecule has 70 valence electrons. The lowest BCUT2D eigenvalue weighted by Crippen LogP contribution is -2.11. The molecule has 0 N–H and O–H groups in total. The summed E-state index contributed by atoms with van der Waals surface area (Å²) in [6.07, 6.45) is 2.35. The molecule has 1 aliphatic rings. The summed E-state index contributed by atoms with van der Waals surface area (Å²) in [6.45, 7) is 7.40. The van der Waals surface area contributed by atoms with Gasteiger partial charge < -0.3 is 4.74 Å². The number of hydrogen-bond donors (Lipinski definition) is 0. The Morgan fingerprint density at radius 2 is 1.92 bits per heavy atom. The van der Waals surface area contributed by atoms with Crippen molar-refractivity contribution in [2.24, 2.45) is 0 Å². The molecule has 1 heterocycles. The molecule has 0 aromatic heterocycles. The SMILES string of the molecule is Cc1cc(C)c2c(c1C)CCCO2. The maximum Gasteiger partial charge on any atom is 0.125 e. The quantitative estimate of drug-likeness (QED) is 0.590. The molecule has 1 aromatic rings. The van der Waals surface area contributed by atoms with Crippen molar-refractivity contribution >= 4 is 0 Å². The van der Waals surface area contributed by atoms with Crippen molar-refractivity contribution in [3.8, 4) is 5.75 Å². The summed E-state index contributed by atoms with van der Waals surface area (Å²) in [4.78, 5) is 0. The molecule has 0 spiro atoms. The average molecular weight is 176 g/mol. The highest BCUT2D eigenvalue weighted by atomic mass is 16.5. The summed E-state index contributed by atoms with van der Waals surface area (Å²) in [5.41, 5.74) is 5.53. The van der Waals surface area contributed by atoms with E-state index in [0.717, 1.165) is 18.8 Å². The number of benzene rings is 1. The van der Waals surface area contributed by atoms with Gasteiger partial charge in [0.2, 0.25) is 0 Å². The van der Waals surface area contributed by atoms with Gasteiger partial charge in [-0.25, -0.2) is 0 Å². The van der Waals surface area contributed by atoms with Crippen molar-refractivity contribution in [3.63, 3.8) is 0 Å². The Hall–Kier alpha value is -0.980. The Bertz CT molecular complexity index is 339. The number of aryl methyl sites for hydroxylation is 2. The van der Waals surface area contributed by atoms with E-state index >= 15 is 0 Å². The number of fused-ring (bicyclic) bond motifs is 1. The molecule has 0 aliphatic carbocycles. The van der Waals surface area contributed by atoms with Gasteiger partial charge in [0.05, 0.1) is 6.61 Å². The number of hydrogen-bond acceptors (Lipinski definition) is 1. The molecule has 0 unspecified atom stereocenters. The van der Waals surface area contributed by atoms with Gasteiger partial charge in [0.25, 0.3) is 0 Å². The first-order valence-electron chi connectivity index (χ1n) is 4.92. The highest BCUT2D eigenvalue weighted by Gasteiger charge is 2.16. The van der Waals surface area contributed by atoms with E-state index in [0.29, 0.717) is 0 Å². The van der Waals surface area contributed by atoms with Crippen LogP contribution in [0.5, 0.6) is 5.75 Å². The summed E-state index contributed by atoms with van der Waals surface area (Å²) in [5.74, 6) is 1.15. The third-order valence-corrected chi connectivity index (χ3v) is 2.93. The second-order valence-electron chi connectivity index (χ2n) is 3.90. The van der Waals surface area contributed by atoms with Gasteiger partial charge in [0.1, 0.15) is 5.75 Å². The standard InChI is InChI=1S/C12H16O/c1-8-7-9(2)12-11(10(8)3)5-4-6-13-12/h7H,4-6H2,1-3H3. The maximum absolute atomic E-state index is 5.69. The van der Waals surface area contributed by atoms with E-state index in [1.54, 1.807) is 0 Å². The molecule has 2 rings (SSSR count). The Morgan fingerprint density at radius 1 is 1.15 bits per heavy atom. The molecule has 0 fully saturated rings. The molecule has 0 radical (unpaired) electrons. The lowest BCUT2D eigenvalue weighted by atomic mass is 9.94. The molecule has 0 saturated heterocycles. The zero-order valence-electron chi connectivity index (χ0n) is 8.61. The summed E-state index contributed by atoms with van der Waals surface area (Å²) >= 11 is 0. The first-order chi connectivity index (χ1) is 6.20. The lowest BCUT2D eigenvalue weighted by Gasteiger charge is -2.22. The van der Waals surface area contributed by atoms with Crippen molar-refractivity contribution in [3.05, 3.63) is 28.3 Å². The van der Waals surface area contributed by atoms with Crippen LogP contribution in [0.1, 0.15) is 28.7 Å². The highest BCUT2D eigenvalue weighted by molar-refractivity contribution is 5.50. The minimum Gasteiger partial charge on any atom is -0.493 e. The zero-order chi connectivity index (χ0) is 9.42. The van der Waals surface area contributed by atoms with E-state index in [1.807, 2.05) is 0 Å². The van der Waals surface area contributed by atoms with Gasteiger partial charge in [-0.3, -0.25) is 0 Å². The smallest absolute Gasteiger partial charge is 0.125 e. The van der Waals surface area contributed by atoms with Crippen LogP contribution in [-0.4, -0.2) is 6.61 Å². The van der Waals surface area contributed by atoms with Crippen molar-refractivity contribution in [2.75, 3.05) is 6.61 Å². The van der Waals surface area contributed by atoms with Crippen molar-refractivity contribution in [1.82, 2.24) is 0 Å². The number of rotatable bonds is 0. The molecule has 0 amide bonds. The van der Waals surface area contributed by atoms with Gasteiger partial charge >= 0.3 is 0 Å². The highest BCUT2D eigenvalue weighted by Crippen LogP contribution is 2.32. The minimum atomic E-state index is 0.885. The predicted molar refractivity (Wildman–Crippen MR) is 54.5 cm³/mol. The zero-order valence-corrected chi connectivity index (χ0v) is 8.61. The normalized spacial score (nSPS) is 15.0. The van der Waals surface area contributed by atoms with Crippen LogP contribution in [0.2, 0.25) is 0 Å². The van der Waals surface area contributed by atoms with Crippen molar-refractivity contribution in [1.29, 1.82) is 0 Å².